The third-order valence-electron chi connectivity index (χ3n) is 3.87. The van der Waals surface area contributed by atoms with Crippen molar-refractivity contribution in [3.8, 4) is 12.3 Å². The summed E-state index contributed by atoms with van der Waals surface area (Å²) in [5.41, 5.74) is -0.755. The van der Waals surface area contributed by atoms with Crippen molar-refractivity contribution in [3.05, 3.63) is 0 Å². The van der Waals surface area contributed by atoms with Crippen LogP contribution in [0.25, 0.3) is 0 Å². The number of unbranched alkanes of at least 4 members (excludes halogenated alkanes) is 2. The number of hydrogen-bond donors (Lipinski definition) is 1. The van der Waals surface area contributed by atoms with Crippen LogP contribution in [-0.2, 0) is 9.59 Å². The summed E-state index contributed by atoms with van der Waals surface area (Å²) in [6.07, 6.45) is 8.93. The number of terminal acetylenes is 1. The van der Waals surface area contributed by atoms with Gasteiger partial charge in [0, 0.05) is 13.0 Å². The van der Waals surface area contributed by atoms with Crippen molar-refractivity contribution in [1.82, 2.24) is 10.2 Å². The summed E-state index contributed by atoms with van der Waals surface area (Å²) in [6, 6.07) is -0.335. The van der Waals surface area contributed by atoms with Crippen LogP contribution in [-0.4, -0.2) is 34.8 Å². The molecule has 0 aromatic rings. The molecule has 1 fully saturated rings. The third kappa shape index (κ3) is 3.28. The van der Waals surface area contributed by atoms with Gasteiger partial charge in [-0.1, -0.05) is 13.8 Å². The lowest BCUT2D eigenvalue weighted by Crippen LogP contribution is -2.68. The van der Waals surface area contributed by atoms with Gasteiger partial charge in [-0.2, -0.15) is 0 Å². The van der Waals surface area contributed by atoms with Crippen LogP contribution in [0.15, 0.2) is 0 Å². The molecule has 0 aromatic heterocycles. The number of amides is 2. The molecule has 1 rings (SSSR count). The molecule has 1 aliphatic heterocycles. The molecule has 4 nitrogen and oxygen atoms in total. The molecule has 0 radical (unpaired) electrons. The van der Waals surface area contributed by atoms with Gasteiger partial charge < -0.3 is 10.2 Å². The second-order valence-corrected chi connectivity index (χ2v) is 5.26. The maximum absolute atomic E-state index is 12.5. The van der Waals surface area contributed by atoms with E-state index >= 15 is 0 Å². The first-order valence-electron chi connectivity index (χ1n) is 7.06. The first kappa shape index (κ1) is 15.6. The van der Waals surface area contributed by atoms with Gasteiger partial charge >= 0.3 is 0 Å². The van der Waals surface area contributed by atoms with Crippen LogP contribution in [0.5, 0.6) is 0 Å². The van der Waals surface area contributed by atoms with E-state index in [9.17, 15) is 9.59 Å². The Balaban J connectivity index is 2.79. The predicted molar refractivity (Wildman–Crippen MR) is 75.3 cm³/mol. The smallest absolute Gasteiger partial charge is 0.248 e. The molecule has 1 N–H and O–H groups in total. The highest BCUT2D eigenvalue weighted by Crippen LogP contribution is 2.23. The quantitative estimate of drug-likeness (QED) is 0.586. The first-order chi connectivity index (χ1) is 9.00. The second kappa shape index (κ2) is 6.60. The van der Waals surface area contributed by atoms with E-state index in [1.54, 1.807) is 11.8 Å². The van der Waals surface area contributed by atoms with E-state index in [2.05, 4.69) is 11.2 Å². The van der Waals surface area contributed by atoms with Crippen LogP contribution in [0.1, 0.15) is 52.9 Å². The topological polar surface area (TPSA) is 49.4 Å². The molecule has 0 bridgehead atoms. The Morgan fingerprint density at radius 3 is 2.58 bits per heavy atom. The number of carbonyl (C=O) groups is 2. The van der Waals surface area contributed by atoms with Gasteiger partial charge in [0.15, 0.2) is 0 Å². The van der Waals surface area contributed by atoms with Crippen molar-refractivity contribution < 1.29 is 9.59 Å². The zero-order valence-electron chi connectivity index (χ0n) is 12.2. The monoisotopic (exact) mass is 264 g/mol. The minimum absolute atomic E-state index is 0.0298. The van der Waals surface area contributed by atoms with Crippen molar-refractivity contribution in [3.63, 3.8) is 0 Å². The Hall–Kier alpha value is -1.50. The fourth-order valence-corrected chi connectivity index (χ4v) is 2.42. The standard InChI is InChI=1S/C15H24N2O2/c1-5-8-9-10-11-17-12(6-2)13(18)16-15(4,7-3)14(17)19/h1,12H,6-11H2,2-4H3,(H,16,18). The molecule has 2 amide bonds. The molecular weight excluding hydrogens is 240 g/mol. The zero-order valence-corrected chi connectivity index (χ0v) is 12.2. The molecule has 0 aromatic carbocycles. The van der Waals surface area contributed by atoms with Crippen molar-refractivity contribution in [1.29, 1.82) is 0 Å². The zero-order chi connectivity index (χ0) is 14.5. The van der Waals surface area contributed by atoms with Crippen molar-refractivity contribution in [2.45, 2.75) is 64.5 Å². The summed E-state index contributed by atoms with van der Waals surface area (Å²) < 4.78 is 0. The summed E-state index contributed by atoms with van der Waals surface area (Å²) >= 11 is 0. The number of piperazine rings is 1. The normalized spacial score (nSPS) is 27.1. The van der Waals surface area contributed by atoms with Crippen LogP contribution < -0.4 is 5.32 Å². The lowest BCUT2D eigenvalue weighted by Gasteiger charge is -2.44. The van der Waals surface area contributed by atoms with Crippen LogP contribution in [0.2, 0.25) is 0 Å². The predicted octanol–water partition coefficient (Wildman–Crippen LogP) is 1.70. The lowest BCUT2D eigenvalue weighted by molar-refractivity contribution is -0.154. The fourth-order valence-electron chi connectivity index (χ4n) is 2.42. The fraction of sp³-hybridized carbons (Fsp3) is 0.733. The van der Waals surface area contributed by atoms with Crippen LogP contribution >= 0.6 is 0 Å². The summed E-state index contributed by atoms with van der Waals surface area (Å²) in [5.74, 6) is 2.59. The average molecular weight is 264 g/mol. The highest BCUT2D eigenvalue weighted by molar-refractivity contribution is 5.99. The summed E-state index contributed by atoms with van der Waals surface area (Å²) in [6.45, 7) is 6.26. The van der Waals surface area contributed by atoms with Gasteiger partial charge in [0.1, 0.15) is 11.6 Å². The van der Waals surface area contributed by atoms with Gasteiger partial charge in [-0.05, 0) is 32.6 Å². The first-order valence-corrected chi connectivity index (χ1v) is 7.06. The highest BCUT2D eigenvalue weighted by Gasteiger charge is 2.45. The summed E-state index contributed by atoms with van der Waals surface area (Å²) in [4.78, 5) is 26.4. The Labute approximate surface area is 115 Å². The number of carbonyl (C=O) groups excluding carboxylic acids is 2. The van der Waals surface area contributed by atoms with Gasteiger partial charge in [0.2, 0.25) is 11.8 Å². The number of hydrogen-bond acceptors (Lipinski definition) is 2. The van der Waals surface area contributed by atoms with E-state index in [0.29, 0.717) is 19.4 Å². The molecule has 1 aliphatic rings. The minimum Gasteiger partial charge on any atom is -0.340 e. The van der Waals surface area contributed by atoms with Crippen LogP contribution in [0.4, 0.5) is 0 Å². The Bertz CT molecular complexity index is 386. The molecule has 4 heteroatoms. The third-order valence-corrected chi connectivity index (χ3v) is 3.87. The maximum atomic E-state index is 12.5. The molecule has 0 aliphatic carbocycles. The van der Waals surface area contributed by atoms with Crippen molar-refractivity contribution in [2.75, 3.05) is 6.54 Å². The Morgan fingerprint density at radius 1 is 1.37 bits per heavy atom. The van der Waals surface area contributed by atoms with Crippen LogP contribution in [0, 0.1) is 12.3 Å². The van der Waals surface area contributed by atoms with E-state index in [1.165, 1.54) is 0 Å². The second-order valence-electron chi connectivity index (χ2n) is 5.26. The van der Waals surface area contributed by atoms with Gasteiger partial charge in [0.05, 0.1) is 0 Å². The largest absolute Gasteiger partial charge is 0.340 e. The van der Waals surface area contributed by atoms with Gasteiger partial charge in [-0.25, -0.2) is 0 Å². The molecule has 106 valence electrons. The molecule has 19 heavy (non-hydrogen) atoms. The van der Waals surface area contributed by atoms with Crippen molar-refractivity contribution in [2.24, 2.45) is 0 Å². The summed E-state index contributed by atoms with van der Waals surface area (Å²) in [5, 5.41) is 2.86. The molecular formula is C15H24N2O2. The average Bonchev–Trinajstić information content (AvgIpc) is 2.40. The minimum atomic E-state index is -0.755. The number of rotatable bonds is 6. The molecule has 2 unspecified atom stereocenters. The van der Waals surface area contributed by atoms with E-state index in [4.69, 9.17) is 6.42 Å². The van der Waals surface area contributed by atoms with Crippen LogP contribution in [0.3, 0.4) is 0 Å². The molecule has 1 heterocycles. The maximum Gasteiger partial charge on any atom is 0.248 e. The SMILES string of the molecule is C#CCCCCN1C(=O)C(C)(CC)NC(=O)C1CC. The lowest BCUT2D eigenvalue weighted by atomic mass is 9.91. The van der Waals surface area contributed by atoms with Gasteiger partial charge in [-0.15, -0.1) is 12.3 Å². The number of nitrogens with zero attached hydrogens (tertiary/aromatic N) is 1. The van der Waals surface area contributed by atoms with Gasteiger partial charge in [-0.3, -0.25) is 9.59 Å². The van der Waals surface area contributed by atoms with E-state index in [-0.39, 0.29) is 17.9 Å². The van der Waals surface area contributed by atoms with E-state index in [0.717, 1.165) is 19.3 Å². The van der Waals surface area contributed by atoms with Gasteiger partial charge in [0.25, 0.3) is 0 Å². The highest BCUT2D eigenvalue weighted by atomic mass is 16.2. The van der Waals surface area contributed by atoms with Crippen molar-refractivity contribution >= 4 is 11.8 Å². The summed E-state index contributed by atoms with van der Waals surface area (Å²) in [7, 11) is 0. The Kier molecular flexibility index (Phi) is 5.41. The number of nitrogens with one attached hydrogen (secondary N) is 1. The molecule has 0 saturated carbocycles. The molecule has 0 spiro atoms. The Morgan fingerprint density at radius 2 is 2.05 bits per heavy atom. The van der Waals surface area contributed by atoms with E-state index in [1.807, 2.05) is 13.8 Å². The molecule has 2 atom stereocenters. The van der Waals surface area contributed by atoms with E-state index < -0.39 is 5.54 Å². The molecule has 1 saturated heterocycles.